The van der Waals surface area contributed by atoms with E-state index in [4.69, 9.17) is 11.6 Å². The van der Waals surface area contributed by atoms with Gasteiger partial charge in [0.25, 0.3) is 0 Å². The van der Waals surface area contributed by atoms with Crippen molar-refractivity contribution in [2.75, 3.05) is 12.9 Å². The highest BCUT2D eigenvalue weighted by molar-refractivity contribution is 8.00. The number of carbonyl (C=O) groups is 2. The minimum absolute atomic E-state index is 0.419. The number of esters is 1. The Morgan fingerprint density at radius 2 is 2.14 bits per heavy atom. The fourth-order valence-electron chi connectivity index (χ4n) is 1.45. The monoisotopic (exact) mass is 237 g/mol. The highest BCUT2D eigenvalue weighted by atomic mass is 35.5. The molecular weight excluding hydrogens is 226 g/mol. The van der Waals surface area contributed by atoms with Crippen LogP contribution >= 0.6 is 23.4 Å². The number of nitrogens with zero attached hydrogens (tertiary/aromatic N) is 1. The number of carbonyl (C=O) groups excluding carboxylic acids is 2. The third-order valence-electron chi connectivity index (χ3n) is 2.15. The van der Waals surface area contributed by atoms with Crippen LogP contribution in [-0.4, -0.2) is 40.0 Å². The standard InChI is InChI=1S/C8H12ClNO3S/c1-8(2)10(7(9)12)5(4-14-8)6(11)13-3/h5H,4H2,1-3H3/t5-/m0/s1. The molecule has 0 aromatic rings. The smallest absolute Gasteiger partial charge is 0.329 e. The van der Waals surface area contributed by atoms with Crippen molar-refractivity contribution in [1.82, 2.24) is 4.90 Å². The van der Waals surface area contributed by atoms with Crippen LogP contribution in [0.2, 0.25) is 0 Å². The molecule has 1 rings (SSSR count). The lowest BCUT2D eigenvalue weighted by Crippen LogP contribution is -2.47. The quantitative estimate of drug-likeness (QED) is 0.396. The predicted molar refractivity (Wildman–Crippen MR) is 55.4 cm³/mol. The molecular formula is C8H12ClNO3S. The van der Waals surface area contributed by atoms with Crippen LogP contribution < -0.4 is 0 Å². The Bertz CT molecular complexity index is 269. The van der Waals surface area contributed by atoms with Gasteiger partial charge in [-0.25, -0.2) is 4.79 Å². The van der Waals surface area contributed by atoms with Crippen LogP contribution in [0.3, 0.4) is 0 Å². The van der Waals surface area contributed by atoms with E-state index in [9.17, 15) is 9.59 Å². The number of methoxy groups -OCH3 is 1. The second-order valence-electron chi connectivity index (χ2n) is 3.42. The Morgan fingerprint density at radius 1 is 1.57 bits per heavy atom. The first-order valence-corrected chi connectivity index (χ1v) is 5.47. The van der Waals surface area contributed by atoms with Gasteiger partial charge in [-0.15, -0.1) is 11.8 Å². The van der Waals surface area contributed by atoms with Gasteiger partial charge in [0.1, 0.15) is 6.04 Å². The fraction of sp³-hybridized carbons (Fsp3) is 0.750. The molecule has 0 N–H and O–H groups in total. The summed E-state index contributed by atoms with van der Waals surface area (Å²) >= 11 is 6.94. The summed E-state index contributed by atoms with van der Waals surface area (Å²) < 4.78 is 4.60. The van der Waals surface area contributed by atoms with Crippen molar-refractivity contribution in [2.24, 2.45) is 0 Å². The van der Waals surface area contributed by atoms with Crippen molar-refractivity contribution >= 4 is 34.7 Å². The topological polar surface area (TPSA) is 46.6 Å². The number of thioether (sulfide) groups is 1. The molecule has 1 aliphatic rings. The van der Waals surface area contributed by atoms with Crippen LogP contribution in [-0.2, 0) is 9.53 Å². The van der Waals surface area contributed by atoms with Gasteiger partial charge in [0.2, 0.25) is 0 Å². The molecule has 0 unspecified atom stereocenters. The van der Waals surface area contributed by atoms with Crippen LogP contribution in [0.4, 0.5) is 4.79 Å². The Morgan fingerprint density at radius 3 is 2.57 bits per heavy atom. The summed E-state index contributed by atoms with van der Waals surface area (Å²) in [6.45, 7) is 3.70. The van der Waals surface area contributed by atoms with Crippen molar-refractivity contribution in [3.63, 3.8) is 0 Å². The molecule has 0 aromatic heterocycles. The molecule has 0 bridgehead atoms. The normalized spacial score (nSPS) is 24.9. The molecule has 4 nitrogen and oxygen atoms in total. The van der Waals surface area contributed by atoms with E-state index >= 15 is 0 Å². The van der Waals surface area contributed by atoms with E-state index in [1.54, 1.807) is 0 Å². The summed E-state index contributed by atoms with van der Waals surface area (Å²) in [6.07, 6.45) is 0. The molecule has 0 spiro atoms. The first-order chi connectivity index (χ1) is 6.40. The zero-order chi connectivity index (χ0) is 10.9. The number of hydrogen-bond donors (Lipinski definition) is 0. The maximum absolute atomic E-state index is 11.3. The molecule has 1 amide bonds. The van der Waals surface area contributed by atoms with Crippen LogP contribution in [0, 0.1) is 0 Å². The molecule has 80 valence electrons. The van der Waals surface area contributed by atoms with E-state index in [1.165, 1.54) is 23.8 Å². The Labute approximate surface area is 91.9 Å². The minimum Gasteiger partial charge on any atom is -0.467 e. The van der Waals surface area contributed by atoms with E-state index in [1.807, 2.05) is 13.8 Å². The van der Waals surface area contributed by atoms with E-state index in [2.05, 4.69) is 4.74 Å². The van der Waals surface area contributed by atoms with E-state index in [0.29, 0.717) is 5.75 Å². The molecule has 0 saturated carbocycles. The summed E-state index contributed by atoms with van der Waals surface area (Å²) in [4.78, 5) is 23.4. The highest BCUT2D eigenvalue weighted by Gasteiger charge is 2.46. The average Bonchev–Trinajstić information content (AvgIpc) is 2.39. The average molecular weight is 238 g/mol. The maximum atomic E-state index is 11.3. The third-order valence-corrected chi connectivity index (χ3v) is 3.72. The van der Waals surface area contributed by atoms with Gasteiger partial charge >= 0.3 is 11.3 Å². The summed E-state index contributed by atoms with van der Waals surface area (Å²) in [5, 5.41) is -0.615. The molecule has 1 fully saturated rings. The Hall–Kier alpha value is -0.420. The lowest BCUT2D eigenvalue weighted by atomic mass is 10.2. The molecule has 1 aliphatic heterocycles. The van der Waals surface area contributed by atoms with Gasteiger partial charge in [-0.3, -0.25) is 4.79 Å². The lowest BCUT2D eigenvalue weighted by Gasteiger charge is -2.31. The molecule has 0 aliphatic carbocycles. The van der Waals surface area contributed by atoms with Crippen molar-refractivity contribution < 1.29 is 14.3 Å². The van der Waals surface area contributed by atoms with Crippen molar-refractivity contribution in [3.8, 4) is 0 Å². The Kier molecular flexibility index (Phi) is 3.32. The van der Waals surface area contributed by atoms with Gasteiger partial charge in [0.05, 0.1) is 12.0 Å². The van der Waals surface area contributed by atoms with Crippen LogP contribution in [0.25, 0.3) is 0 Å². The number of amides is 1. The minimum atomic E-state index is -0.615. The van der Waals surface area contributed by atoms with Gasteiger partial charge < -0.3 is 9.64 Å². The summed E-state index contributed by atoms with van der Waals surface area (Å²) in [5.74, 6) is 0.107. The molecule has 6 heteroatoms. The highest BCUT2D eigenvalue weighted by Crippen LogP contribution is 2.39. The summed E-state index contributed by atoms with van der Waals surface area (Å²) in [7, 11) is 1.30. The van der Waals surface area contributed by atoms with Crippen molar-refractivity contribution in [2.45, 2.75) is 24.8 Å². The van der Waals surface area contributed by atoms with Crippen LogP contribution in [0.15, 0.2) is 0 Å². The van der Waals surface area contributed by atoms with Crippen molar-refractivity contribution in [1.29, 1.82) is 0 Å². The van der Waals surface area contributed by atoms with Gasteiger partial charge in [-0.2, -0.15) is 0 Å². The number of hydrogen-bond acceptors (Lipinski definition) is 4. The van der Waals surface area contributed by atoms with Gasteiger partial charge in [0, 0.05) is 5.75 Å². The van der Waals surface area contributed by atoms with E-state index in [-0.39, 0.29) is 0 Å². The van der Waals surface area contributed by atoms with Gasteiger partial charge in [0.15, 0.2) is 0 Å². The summed E-state index contributed by atoms with van der Waals surface area (Å²) in [6, 6.07) is -0.565. The largest absolute Gasteiger partial charge is 0.467 e. The zero-order valence-corrected chi connectivity index (χ0v) is 9.82. The number of ether oxygens (including phenoxy) is 1. The lowest BCUT2D eigenvalue weighted by molar-refractivity contribution is -0.145. The van der Waals surface area contributed by atoms with Gasteiger partial charge in [-0.1, -0.05) is 0 Å². The van der Waals surface area contributed by atoms with Gasteiger partial charge in [-0.05, 0) is 25.4 Å². The number of halogens is 1. The van der Waals surface area contributed by atoms with Crippen molar-refractivity contribution in [3.05, 3.63) is 0 Å². The second kappa shape index (κ2) is 3.98. The first-order valence-electron chi connectivity index (χ1n) is 4.10. The second-order valence-corrected chi connectivity index (χ2v) is 5.36. The SMILES string of the molecule is COC(=O)[C@@H]1CSC(C)(C)N1C(=O)Cl. The van der Waals surface area contributed by atoms with E-state index in [0.717, 1.165) is 0 Å². The van der Waals surface area contributed by atoms with E-state index < -0.39 is 22.2 Å². The van der Waals surface area contributed by atoms with Crippen LogP contribution in [0.1, 0.15) is 13.8 Å². The maximum Gasteiger partial charge on any atom is 0.329 e. The fourth-order valence-corrected chi connectivity index (χ4v) is 3.03. The molecule has 0 aromatic carbocycles. The molecule has 1 heterocycles. The molecule has 0 radical (unpaired) electrons. The number of rotatable bonds is 1. The predicted octanol–water partition coefficient (Wildman–Crippen LogP) is 1.67. The summed E-state index contributed by atoms with van der Waals surface area (Å²) in [5.41, 5.74) is 0. The Balaban J connectivity index is 2.90. The third kappa shape index (κ3) is 1.98. The van der Waals surface area contributed by atoms with Crippen LogP contribution in [0.5, 0.6) is 0 Å². The first kappa shape index (κ1) is 11.7. The molecule has 1 atom stereocenters. The molecule has 1 saturated heterocycles. The molecule has 14 heavy (non-hydrogen) atoms. The zero-order valence-electron chi connectivity index (χ0n) is 8.24.